The fraction of sp³-hybridized carbons (Fsp3) is 0.167. The van der Waals surface area contributed by atoms with E-state index in [1.54, 1.807) is 0 Å². The summed E-state index contributed by atoms with van der Waals surface area (Å²) >= 11 is 0. The lowest BCUT2D eigenvalue weighted by Crippen LogP contribution is -2.17. The molecule has 0 aliphatic heterocycles. The molecule has 1 aromatic heterocycles. The molecule has 1 unspecified atom stereocenters. The third kappa shape index (κ3) is 1.19. The number of hydrogen-bond acceptors (Lipinski definition) is 4. The molecule has 0 fully saturated rings. The Hall–Kier alpha value is -1.69. The maximum absolute atomic E-state index is 10.2. The summed E-state index contributed by atoms with van der Waals surface area (Å²) in [6, 6.07) is 2.14. The minimum absolute atomic E-state index is 0.475. The van der Waals surface area contributed by atoms with Crippen molar-refractivity contribution in [2.75, 3.05) is 0 Å². The van der Waals surface area contributed by atoms with Crippen molar-refractivity contribution in [2.24, 2.45) is 0 Å². The first-order valence-corrected chi connectivity index (χ1v) is 3.04. The molecule has 1 rings (SSSR count). The zero-order chi connectivity index (χ0) is 9.30. The van der Waals surface area contributed by atoms with Crippen LogP contribution in [0.15, 0.2) is 12.1 Å². The van der Waals surface area contributed by atoms with Gasteiger partial charge in [-0.1, -0.05) is 0 Å². The molecule has 12 heavy (non-hydrogen) atoms. The zero-order valence-electron chi connectivity index (χ0n) is 5.88. The molecule has 0 saturated carbocycles. The van der Waals surface area contributed by atoms with Crippen molar-refractivity contribution in [3.8, 4) is 11.8 Å². The molecule has 0 bridgehead atoms. The molecule has 6 nitrogen and oxygen atoms in total. The molecule has 6 heteroatoms. The lowest BCUT2D eigenvalue weighted by molar-refractivity contribution is -0.152. The molecule has 0 amide bonds. The summed E-state index contributed by atoms with van der Waals surface area (Å²) in [5.74, 6) is -2.58. The van der Waals surface area contributed by atoms with Gasteiger partial charge in [0.25, 0.3) is 0 Å². The van der Waals surface area contributed by atoms with Gasteiger partial charge in [-0.15, -0.1) is 0 Å². The highest BCUT2D eigenvalue weighted by Gasteiger charge is 2.20. The van der Waals surface area contributed by atoms with Gasteiger partial charge in [0, 0.05) is 12.1 Å². The molecule has 66 valence electrons. The van der Waals surface area contributed by atoms with Crippen LogP contribution in [0.5, 0.6) is 11.8 Å². The number of carbonyl (C=O) groups is 1. The van der Waals surface area contributed by atoms with Crippen molar-refractivity contribution < 1.29 is 25.2 Å². The standard InChI is InChI=1S/C6H7NO5/c8-3-1-2-4(9)7(3)5(10)6(11)12/h1-2,5,8-10H,(H,11,12). The van der Waals surface area contributed by atoms with Crippen molar-refractivity contribution in [3.05, 3.63) is 12.1 Å². The molecule has 0 aliphatic rings. The van der Waals surface area contributed by atoms with Gasteiger partial charge in [-0.2, -0.15) is 0 Å². The molecule has 0 spiro atoms. The number of carboxylic acids is 1. The normalized spacial score (nSPS) is 12.8. The third-order valence-electron chi connectivity index (χ3n) is 1.34. The molecule has 0 radical (unpaired) electrons. The number of aromatic nitrogens is 1. The lowest BCUT2D eigenvalue weighted by atomic mass is 10.5. The summed E-state index contributed by atoms with van der Waals surface area (Å²) in [5.41, 5.74) is 0. The van der Waals surface area contributed by atoms with E-state index in [0.29, 0.717) is 4.57 Å². The average molecular weight is 173 g/mol. The van der Waals surface area contributed by atoms with Crippen LogP contribution in [0, 0.1) is 0 Å². The molecule has 1 heterocycles. The maximum atomic E-state index is 10.2. The second kappa shape index (κ2) is 2.74. The molecule has 0 saturated heterocycles. The molecule has 1 aromatic rings. The van der Waals surface area contributed by atoms with E-state index in [2.05, 4.69) is 0 Å². The molecule has 1 atom stereocenters. The minimum Gasteiger partial charge on any atom is -0.494 e. The number of aromatic hydroxyl groups is 2. The predicted octanol–water partition coefficient (Wildman–Crippen LogP) is -0.525. The Labute approximate surface area is 66.9 Å². The monoisotopic (exact) mass is 173 g/mol. The van der Waals surface area contributed by atoms with Gasteiger partial charge in [0.1, 0.15) is 0 Å². The second-order valence-corrected chi connectivity index (χ2v) is 2.13. The highest BCUT2D eigenvalue weighted by atomic mass is 16.4. The van der Waals surface area contributed by atoms with Crippen LogP contribution in [0.3, 0.4) is 0 Å². The van der Waals surface area contributed by atoms with Crippen LogP contribution in [0.1, 0.15) is 6.23 Å². The van der Waals surface area contributed by atoms with E-state index in [9.17, 15) is 4.79 Å². The van der Waals surface area contributed by atoms with Crippen LogP contribution < -0.4 is 0 Å². The second-order valence-electron chi connectivity index (χ2n) is 2.13. The number of rotatable bonds is 2. The lowest BCUT2D eigenvalue weighted by Gasteiger charge is -2.09. The highest BCUT2D eigenvalue weighted by Crippen LogP contribution is 2.24. The molecule has 0 aromatic carbocycles. The number of hydrogen-bond donors (Lipinski definition) is 4. The van der Waals surface area contributed by atoms with E-state index in [1.165, 1.54) is 0 Å². The van der Waals surface area contributed by atoms with Gasteiger partial charge < -0.3 is 20.4 Å². The van der Waals surface area contributed by atoms with Gasteiger partial charge in [0.2, 0.25) is 6.23 Å². The average Bonchev–Trinajstić information content (AvgIpc) is 2.30. The number of aliphatic hydroxyl groups excluding tert-OH is 1. The van der Waals surface area contributed by atoms with Gasteiger partial charge in [0.05, 0.1) is 0 Å². The Kier molecular flexibility index (Phi) is 1.92. The van der Waals surface area contributed by atoms with Gasteiger partial charge in [-0.25, -0.2) is 9.36 Å². The van der Waals surface area contributed by atoms with Crippen LogP contribution in [0.2, 0.25) is 0 Å². The van der Waals surface area contributed by atoms with Crippen LogP contribution in [-0.4, -0.2) is 31.0 Å². The number of carboxylic acid groups (broad SMARTS) is 1. The largest absolute Gasteiger partial charge is 0.494 e. The van der Waals surface area contributed by atoms with Gasteiger partial charge in [0.15, 0.2) is 11.8 Å². The van der Waals surface area contributed by atoms with E-state index in [-0.39, 0.29) is 0 Å². The topological polar surface area (TPSA) is 103 Å². The van der Waals surface area contributed by atoms with Gasteiger partial charge >= 0.3 is 5.97 Å². The van der Waals surface area contributed by atoms with Crippen molar-refractivity contribution in [2.45, 2.75) is 6.23 Å². The van der Waals surface area contributed by atoms with Crippen molar-refractivity contribution in [1.29, 1.82) is 0 Å². The number of nitrogens with zero attached hydrogens (tertiary/aromatic N) is 1. The highest BCUT2D eigenvalue weighted by molar-refractivity contribution is 5.70. The fourth-order valence-electron chi connectivity index (χ4n) is 0.788. The Morgan fingerprint density at radius 2 is 1.75 bits per heavy atom. The number of aliphatic hydroxyl groups is 1. The van der Waals surface area contributed by atoms with E-state index in [1.807, 2.05) is 0 Å². The van der Waals surface area contributed by atoms with Crippen molar-refractivity contribution in [3.63, 3.8) is 0 Å². The Bertz CT molecular complexity index is 285. The Balaban J connectivity index is 3.08. The quantitative estimate of drug-likeness (QED) is 0.481. The predicted molar refractivity (Wildman–Crippen MR) is 36.7 cm³/mol. The van der Waals surface area contributed by atoms with Crippen LogP contribution >= 0.6 is 0 Å². The fourth-order valence-corrected chi connectivity index (χ4v) is 0.788. The molecule has 0 aliphatic carbocycles. The van der Waals surface area contributed by atoms with Crippen molar-refractivity contribution >= 4 is 5.97 Å². The zero-order valence-corrected chi connectivity index (χ0v) is 5.88. The summed E-state index contributed by atoms with van der Waals surface area (Å²) < 4.78 is 0.475. The summed E-state index contributed by atoms with van der Waals surface area (Å²) in [6.45, 7) is 0. The Morgan fingerprint density at radius 3 is 2.08 bits per heavy atom. The van der Waals surface area contributed by atoms with E-state index in [0.717, 1.165) is 12.1 Å². The minimum atomic E-state index is -1.97. The van der Waals surface area contributed by atoms with E-state index >= 15 is 0 Å². The smallest absolute Gasteiger partial charge is 0.354 e. The van der Waals surface area contributed by atoms with Crippen molar-refractivity contribution in [1.82, 2.24) is 4.57 Å². The first kappa shape index (κ1) is 8.41. The maximum Gasteiger partial charge on any atom is 0.354 e. The first-order valence-electron chi connectivity index (χ1n) is 3.04. The van der Waals surface area contributed by atoms with Gasteiger partial charge in [-0.05, 0) is 0 Å². The number of aliphatic carboxylic acids is 1. The summed E-state index contributed by atoms with van der Waals surface area (Å²) in [7, 11) is 0. The van der Waals surface area contributed by atoms with E-state index < -0.39 is 24.0 Å². The summed E-state index contributed by atoms with van der Waals surface area (Å²) in [6.07, 6.45) is -1.97. The molecular formula is C6H7NO5. The van der Waals surface area contributed by atoms with Gasteiger partial charge in [-0.3, -0.25) is 0 Å². The summed E-state index contributed by atoms with van der Waals surface area (Å²) in [5, 5.41) is 35.1. The first-order chi connectivity index (χ1) is 5.54. The summed E-state index contributed by atoms with van der Waals surface area (Å²) in [4.78, 5) is 10.2. The third-order valence-corrected chi connectivity index (χ3v) is 1.34. The van der Waals surface area contributed by atoms with Crippen LogP contribution in [0.4, 0.5) is 0 Å². The SMILES string of the molecule is O=C(O)C(O)n1c(O)ccc1O. The van der Waals surface area contributed by atoms with Crippen LogP contribution in [-0.2, 0) is 4.79 Å². The molecular weight excluding hydrogens is 166 g/mol. The molecule has 4 N–H and O–H groups in total. The van der Waals surface area contributed by atoms with E-state index in [4.69, 9.17) is 20.4 Å². The Morgan fingerprint density at radius 1 is 1.33 bits per heavy atom. The van der Waals surface area contributed by atoms with Crippen LogP contribution in [0.25, 0.3) is 0 Å².